The molecule has 0 saturated heterocycles. The van der Waals surface area contributed by atoms with Crippen molar-refractivity contribution in [3.05, 3.63) is 64.3 Å². The molecule has 1 aromatic carbocycles. The van der Waals surface area contributed by atoms with E-state index in [0.717, 1.165) is 19.3 Å². The van der Waals surface area contributed by atoms with Crippen molar-refractivity contribution in [3.63, 3.8) is 0 Å². The van der Waals surface area contributed by atoms with Crippen LogP contribution in [0.2, 0.25) is 0 Å². The summed E-state index contributed by atoms with van der Waals surface area (Å²) in [6, 6.07) is 4.21. The molecule has 0 fully saturated rings. The van der Waals surface area contributed by atoms with Crippen LogP contribution < -0.4 is 5.32 Å². The Labute approximate surface area is 219 Å². The minimum atomic E-state index is -3.98. The fourth-order valence-corrected chi connectivity index (χ4v) is 6.76. The molecule has 3 rings (SSSR count). The molecule has 2 aliphatic carbocycles. The second-order valence-electron chi connectivity index (χ2n) is 9.67. The molecule has 0 aromatic heterocycles. The standard InChI is InChI=1S/C29H40F2NO4P/c1-5-9-14-29(31)19-24-26(25(20-29)37(34,35-16-10-6-2)36-17-11-7-3)22-13-12-21(30)18-23(22)27(24)28(33)32-15-8-4/h9,12-14,18,20,27H,5-8,10-11,15-17,19H2,1-4H3,(H,32,33). The highest BCUT2D eigenvalue weighted by Crippen LogP contribution is 2.66. The normalized spacial score (nSPS) is 21.2. The number of fused-ring (bicyclic) bond motifs is 2. The van der Waals surface area contributed by atoms with Gasteiger partial charge < -0.3 is 14.4 Å². The summed E-state index contributed by atoms with van der Waals surface area (Å²) in [4.78, 5) is 13.4. The number of hydrogen-bond donors (Lipinski definition) is 1. The van der Waals surface area contributed by atoms with Gasteiger partial charge in [-0.1, -0.05) is 52.7 Å². The highest BCUT2D eigenvalue weighted by atomic mass is 31.2. The predicted molar refractivity (Wildman–Crippen MR) is 145 cm³/mol. The number of alkyl halides is 1. The van der Waals surface area contributed by atoms with Crippen molar-refractivity contribution in [1.82, 2.24) is 5.32 Å². The van der Waals surface area contributed by atoms with Gasteiger partial charge in [-0.2, -0.15) is 0 Å². The zero-order valence-corrected chi connectivity index (χ0v) is 23.3. The van der Waals surface area contributed by atoms with Gasteiger partial charge >= 0.3 is 7.60 Å². The third-order valence-electron chi connectivity index (χ3n) is 6.61. The first-order chi connectivity index (χ1) is 17.7. The van der Waals surface area contributed by atoms with Crippen molar-refractivity contribution in [1.29, 1.82) is 0 Å². The van der Waals surface area contributed by atoms with Crippen molar-refractivity contribution in [2.45, 2.75) is 84.2 Å². The fourth-order valence-electron chi connectivity index (χ4n) is 4.76. The Bertz CT molecular complexity index is 1100. The van der Waals surface area contributed by atoms with Crippen LogP contribution in [0.4, 0.5) is 8.78 Å². The van der Waals surface area contributed by atoms with Gasteiger partial charge in [0.1, 0.15) is 5.82 Å². The summed E-state index contributed by atoms with van der Waals surface area (Å²) in [5, 5.41) is 3.02. The van der Waals surface area contributed by atoms with E-state index in [2.05, 4.69) is 5.32 Å². The van der Waals surface area contributed by atoms with Crippen molar-refractivity contribution in [2.24, 2.45) is 0 Å². The molecule has 1 N–H and O–H groups in total. The third-order valence-corrected chi connectivity index (χ3v) is 8.60. The first-order valence-electron chi connectivity index (χ1n) is 13.5. The highest BCUT2D eigenvalue weighted by molar-refractivity contribution is 7.59. The maximum atomic E-state index is 16.5. The summed E-state index contributed by atoms with van der Waals surface area (Å²) in [5.74, 6) is -1.70. The molecule has 1 amide bonds. The Morgan fingerprint density at radius 2 is 1.81 bits per heavy atom. The van der Waals surface area contributed by atoms with Crippen molar-refractivity contribution in [3.8, 4) is 0 Å². The average molecular weight is 536 g/mol. The molecule has 37 heavy (non-hydrogen) atoms. The van der Waals surface area contributed by atoms with Crippen LogP contribution in [0.25, 0.3) is 5.57 Å². The second-order valence-corrected chi connectivity index (χ2v) is 11.7. The molecule has 204 valence electrons. The van der Waals surface area contributed by atoms with E-state index in [-0.39, 0.29) is 30.9 Å². The van der Waals surface area contributed by atoms with Crippen LogP contribution in [-0.2, 0) is 18.4 Å². The van der Waals surface area contributed by atoms with Gasteiger partial charge in [0.2, 0.25) is 5.91 Å². The Morgan fingerprint density at radius 1 is 1.14 bits per heavy atom. The van der Waals surface area contributed by atoms with E-state index < -0.39 is 25.0 Å². The minimum Gasteiger partial charge on any atom is -0.355 e. The molecule has 0 bridgehead atoms. The molecule has 0 radical (unpaired) electrons. The molecule has 2 aliphatic rings. The smallest absolute Gasteiger partial charge is 0.355 e. The monoisotopic (exact) mass is 535 g/mol. The number of benzene rings is 1. The number of rotatable bonds is 14. The summed E-state index contributed by atoms with van der Waals surface area (Å²) < 4.78 is 57.2. The number of unbranched alkanes of at least 4 members (excludes halogenated alkanes) is 2. The molecule has 0 saturated carbocycles. The first kappa shape index (κ1) is 29.5. The number of halogens is 2. The average Bonchev–Trinajstić information content (AvgIpc) is 3.18. The summed E-state index contributed by atoms with van der Waals surface area (Å²) in [6.45, 7) is 8.67. The quantitative estimate of drug-likeness (QED) is 0.149. The molecule has 1 aromatic rings. The van der Waals surface area contributed by atoms with Crippen molar-refractivity contribution < 1.29 is 27.2 Å². The van der Waals surface area contributed by atoms with Gasteiger partial charge in [0.25, 0.3) is 0 Å². The second kappa shape index (κ2) is 13.1. The Morgan fingerprint density at radius 3 is 2.41 bits per heavy atom. The lowest BCUT2D eigenvalue weighted by molar-refractivity contribution is -0.121. The fraction of sp³-hybridized carbons (Fsp3) is 0.552. The Hall–Kier alpha value is -2.08. The number of carbonyl (C=O) groups is 1. The third kappa shape index (κ3) is 6.68. The maximum absolute atomic E-state index is 16.5. The molecule has 0 aliphatic heterocycles. The van der Waals surface area contributed by atoms with Crippen LogP contribution in [0.3, 0.4) is 0 Å². The zero-order chi connectivity index (χ0) is 27.1. The number of allylic oxidation sites excluding steroid dienone is 5. The largest absolute Gasteiger partial charge is 0.361 e. The molecule has 0 spiro atoms. The number of carbonyl (C=O) groups excluding carboxylic acids is 1. The summed E-state index contributed by atoms with van der Waals surface area (Å²) >= 11 is 0. The number of hydrogen-bond acceptors (Lipinski definition) is 4. The van der Waals surface area contributed by atoms with Crippen LogP contribution in [0, 0.1) is 5.82 Å². The topological polar surface area (TPSA) is 64.6 Å². The number of amides is 1. The van der Waals surface area contributed by atoms with Crippen molar-refractivity contribution >= 4 is 19.1 Å². The first-order valence-corrected chi connectivity index (χ1v) is 15.1. The Kier molecular flexibility index (Phi) is 10.5. The minimum absolute atomic E-state index is 0.104. The van der Waals surface area contributed by atoms with E-state index in [4.69, 9.17) is 9.05 Å². The van der Waals surface area contributed by atoms with Crippen LogP contribution in [-0.4, -0.2) is 31.3 Å². The van der Waals surface area contributed by atoms with Crippen LogP contribution in [0.15, 0.2) is 47.3 Å². The molecule has 0 heterocycles. The Balaban J connectivity index is 2.23. The number of nitrogens with one attached hydrogen (secondary N) is 1. The van der Waals surface area contributed by atoms with Gasteiger partial charge in [-0.3, -0.25) is 9.36 Å². The molecule has 2 atom stereocenters. The van der Waals surface area contributed by atoms with E-state index in [1.807, 2.05) is 27.7 Å². The van der Waals surface area contributed by atoms with Gasteiger partial charge in [-0.15, -0.1) is 0 Å². The summed E-state index contributed by atoms with van der Waals surface area (Å²) in [7, 11) is -3.98. The van der Waals surface area contributed by atoms with Crippen LogP contribution in [0.5, 0.6) is 0 Å². The van der Waals surface area contributed by atoms with Crippen LogP contribution >= 0.6 is 7.60 Å². The van der Waals surface area contributed by atoms with E-state index in [1.165, 1.54) is 24.3 Å². The van der Waals surface area contributed by atoms with Gasteiger partial charge in [0.05, 0.1) is 24.4 Å². The molecular weight excluding hydrogens is 495 g/mol. The molecule has 5 nitrogen and oxygen atoms in total. The molecular formula is C29H40F2NO4P. The zero-order valence-electron chi connectivity index (χ0n) is 22.4. The lowest BCUT2D eigenvalue weighted by Crippen LogP contribution is -2.32. The molecule has 2 unspecified atom stereocenters. The summed E-state index contributed by atoms with van der Waals surface area (Å²) in [5.41, 5.74) is -0.0120. The maximum Gasteiger partial charge on any atom is 0.361 e. The lowest BCUT2D eigenvalue weighted by atomic mass is 9.82. The van der Waals surface area contributed by atoms with Gasteiger partial charge in [-0.25, -0.2) is 8.78 Å². The van der Waals surface area contributed by atoms with Crippen LogP contribution in [0.1, 0.15) is 89.7 Å². The SMILES string of the molecule is CCC=CC1(F)C=C(P(=O)(OCCCC)OCCCC)C2=C(C1)C(C(=O)NCCC)c1cc(F)ccc12. The van der Waals surface area contributed by atoms with Gasteiger partial charge in [0.15, 0.2) is 5.67 Å². The van der Waals surface area contributed by atoms with Gasteiger partial charge in [-0.05, 0) is 72.2 Å². The van der Waals surface area contributed by atoms with E-state index in [9.17, 15) is 13.8 Å². The van der Waals surface area contributed by atoms with E-state index in [0.29, 0.717) is 48.1 Å². The predicted octanol–water partition coefficient (Wildman–Crippen LogP) is 7.99. The van der Waals surface area contributed by atoms with E-state index >= 15 is 4.39 Å². The lowest BCUT2D eigenvalue weighted by Gasteiger charge is -2.32. The molecule has 8 heteroatoms. The van der Waals surface area contributed by atoms with E-state index in [1.54, 1.807) is 12.1 Å². The summed E-state index contributed by atoms with van der Waals surface area (Å²) in [6.07, 6.45) is 8.74. The van der Waals surface area contributed by atoms with Gasteiger partial charge in [0, 0.05) is 13.0 Å². The van der Waals surface area contributed by atoms with Crippen molar-refractivity contribution in [2.75, 3.05) is 19.8 Å². The highest BCUT2D eigenvalue weighted by Gasteiger charge is 2.49.